The van der Waals surface area contributed by atoms with E-state index in [1.54, 1.807) is 0 Å². The minimum Gasteiger partial charge on any atom is -0.760 e. The second-order valence-electron chi connectivity index (χ2n) is 0.875. The van der Waals surface area contributed by atoms with Gasteiger partial charge < -0.3 is 16.4 Å². The Hall–Kier alpha value is 0.440. The van der Waals surface area contributed by atoms with Crippen LogP contribution in [0.15, 0.2) is 0 Å². The van der Waals surface area contributed by atoms with Crippen molar-refractivity contribution in [3.63, 3.8) is 0 Å². The normalized spacial score (nSPS) is 8.56. The summed E-state index contributed by atoms with van der Waals surface area (Å²) in [7, 11) is 2.13. The van der Waals surface area contributed by atoms with Crippen LogP contribution < -0.4 is 11.2 Å². The maximum absolute atomic E-state index is 9.73. The molecule has 0 spiro atoms. The van der Waals surface area contributed by atoms with Crippen molar-refractivity contribution in [2.45, 2.75) is 0 Å². The third-order valence-electron chi connectivity index (χ3n) is 0.283. The number of hydroxylamine groups is 1. The summed E-state index contributed by atoms with van der Waals surface area (Å²) in [6.07, 6.45) is 0. The van der Waals surface area contributed by atoms with Crippen LogP contribution in [-0.4, -0.2) is 8.64 Å². The molecule has 0 aliphatic carbocycles. The minimum absolute atomic E-state index is 0.132. The summed E-state index contributed by atoms with van der Waals surface area (Å²) in [5.74, 6) is 0. The van der Waals surface area contributed by atoms with Crippen molar-refractivity contribution in [3.8, 4) is 0 Å². The predicted molar refractivity (Wildman–Crippen MR) is 51.1 cm³/mol. The molecule has 0 aromatic rings. The molecule has 0 heterocycles. The quantitative estimate of drug-likeness (QED) is 0.342. The van der Waals surface area contributed by atoms with E-state index < -0.39 is 0 Å². The third-order valence-corrected chi connectivity index (χ3v) is 3.27. The molecule has 0 atom stereocenters. The van der Waals surface area contributed by atoms with E-state index in [1.165, 1.54) is 5.48 Å². The number of hydrogen-bond donors (Lipinski definition) is 2. The maximum atomic E-state index is 9.73. The first-order chi connectivity index (χ1) is 4.16. The highest BCUT2D eigenvalue weighted by atomic mass is 33.1. The number of nitrogens with one attached hydrogen (secondary N) is 1. The number of hydrogen-bond acceptors (Lipinski definition) is 5. The largest absolute Gasteiger partial charge is 0.760 e. The molecule has 0 saturated carbocycles. The summed E-state index contributed by atoms with van der Waals surface area (Å²) in [5.41, 5.74) is 6.61. The Morgan fingerprint density at radius 1 is 1.44 bits per heavy atom. The van der Waals surface area contributed by atoms with E-state index in [0.29, 0.717) is 0 Å². The van der Waals surface area contributed by atoms with Gasteiger partial charge in [-0.3, -0.25) is 0 Å². The molecule has 0 bridgehead atoms. The molecule has 0 radical (unpaired) electrons. The maximum Gasteiger partial charge on any atom is 0.142 e. The average molecular weight is 199 g/mol. The van der Waals surface area contributed by atoms with Gasteiger partial charge in [0.15, 0.2) is 0 Å². The van der Waals surface area contributed by atoms with E-state index in [0.717, 1.165) is 21.6 Å². The van der Waals surface area contributed by atoms with E-state index in [1.807, 2.05) is 0 Å². The van der Waals surface area contributed by atoms with Crippen LogP contribution in [0.4, 0.5) is 0 Å². The summed E-state index contributed by atoms with van der Waals surface area (Å²) in [6.45, 7) is 0. The number of nitrogens with two attached hydrogens (primary N) is 1. The van der Waals surface area contributed by atoms with Crippen molar-refractivity contribution in [2.24, 2.45) is 5.73 Å². The van der Waals surface area contributed by atoms with Crippen molar-refractivity contribution in [3.05, 3.63) is 5.21 Å². The Kier molecular flexibility index (Phi) is 5.50. The molecule has 0 aliphatic heterocycles. The summed E-state index contributed by atoms with van der Waals surface area (Å²) in [5, 5.41) is 9.73. The Labute approximate surface area is 71.1 Å². The lowest BCUT2D eigenvalue weighted by Crippen LogP contribution is -2.08. The van der Waals surface area contributed by atoms with Gasteiger partial charge in [-0.2, -0.15) is 0 Å². The molecular formula is C2H3N2OS4-. The van der Waals surface area contributed by atoms with Gasteiger partial charge in [-0.1, -0.05) is 24.4 Å². The lowest BCUT2D eigenvalue weighted by atomic mass is 11.5. The predicted octanol–water partition coefficient (Wildman–Crippen LogP) is 0.984. The van der Waals surface area contributed by atoms with Crippen LogP contribution in [0, 0.1) is 5.21 Å². The zero-order valence-corrected chi connectivity index (χ0v) is 7.38. The van der Waals surface area contributed by atoms with Gasteiger partial charge >= 0.3 is 0 Å². The molecule has 0 saturated heterocycles. The van der Waals surface area contributed by atoms with Crippen molar-refractivity contribution in [2.75, 3.05) is 0 Å². The zero-order valence-electron chi connectivity index (χ0n) is 4.12. The highest BCUT2D eigenvalue weighted by Crippen LogP contribution is 2.21. The second-order valence-corrected chi connectivity index (χ2v) is 4.42. The topological polar surface area (TPSA) is 61.1 Å². The lowest BCUT2D eigenvalue weighted by Gasteiger charge is -2.06. The average Bonchev–Trinajstić information content (AvgIpc) is 1.83. The van der Waals surface area contributed by atoms with Gasteiger partial charge in [-0.15, -0.1) is 0 Å². The Balaban J connectivity index is 3.28. The van der Waals surface area contributed by atoms with E-state index in [4.69, 9.17) is 5.73 Å². The molecule has 0 amide bonds. The van der Waals surface area contributed by atoms with Gasteiger partial charge in [0.05, 0.1) is 0 Å². The van der Waals surface area contributed by atoms with Crippen LogP contribution in [0.25, 0.3) is 0 Å². The van der Waals surface area contributed by atoms with E-state index in [-0.39, 0.29) is 8.64 Å². The van der Waals surface area contributed by atoms with Gasteiger partial charge in [0.25, 0.3) is 0 Å². The fourth-order valence-electron chi connectivity index (χ4n) is 0.0959. The summed E-state index contributed by atoms with van der Waals surface area (Å²) in [4.78, 5) is 0. The second kappa shape index (κ2) is 5.24. The van der Waals surface area contributed by atoms with E-state index in [2.05, 4.69) is 24.4 Å². The molecule has 3 N–H and O–H groups in total. The molecule has 3 nitrogen and oxygen atoms in total. The van der Waals surface area contributed by atoms with Crippen LogP contribution in [0.1, 0.15) is 0 Å². The Morgan fingerprint density at radius 3 is 2.33 bits per heavy atom. The van der Waals surface area contributed by atoms with Crippen molar-refractivity contribution in [1.82, 2.24) is 5.48 Å². The first kappa shape index (κ1) is 9.44. The van der Waals surface area contributed by atoms with Crippen LogP contribution in [0.2, 0.25) is 0 Å². The number of rotatable bonds is 0. The third kappa shape index (κ3) is 6.32. The fourth-order valence-corrected chi connectivity index (χ4v) is 1.48. The first-order valence-corrected chi connectivity index (χ1v) is 4.69. The van der Waals surface area contributed by atoms with Crippen LogP contribution >= 0.6 is 46.0 Å². The number of thiocarbonyl (C=S) groups is 2. The lowest BCUT2D eigenvalue weighted by molar-refractivity contribution is 1.38. The van der Waals surface area contributed by atoms with Crippen molar-refractivity contribution >= 4 is 54.7 Å². The van der Waals surface area contributed by atoms with Gasteiger partial charge in [0.2, 0.25) is 0 Å². The van der Waals surface area contributed by atoms with Gasteiger partial charge in [0.1, 0.15) is 8.64 Å². The molecule has 0 unspecified atom stereocenters. The van der Waals surface area contributed by atoms with Crippen LogP contribution in [0.5, 0.6) is 0 Å². The Morgan fingerprint density at radius 2 is 2.00 bits per heavy atom. The highest BCUT2D eigenvalue weighted by molar-refractivity contribution is 8.89. The molecule has 0 rings (SSSR count). The van der Waals surface area contributed by atoms with Crippen LogP contribution in [0.3, 0.4) is 0 Å². The molecular weight excluding hydrogens is 196 g/mol. The van der Waals surface area contributed by atoms with Gasteiger partial charge in [-0.05, 0) is 21.6 Å². The first-order valence-electron chi connectivity index (χ1n) is 1.73. The van der Waals surface area contributed by atoms with Gasteiger partial charge in [-0.25, -0.2) is 0 Å². The van der Waals surface area contributed by atoms with Crippen molar-refractivity contribution in [1.29, 1.82) is 0 Å². The minimum atomic E-state index is 0.132. The summed E-state index contributed by atoms with van der Waals surface area (Å²) >= 11 is 8.97. The fraction of sp³-hybridized carbons (Fsp3) is 0. The molecule has 0 aromatic heterocycles. The van der Waals surface area contributed by atoms with Crippen molar-refractivity contribution < 1.29 is 0 Å². The van der Waals surface area contributed by atoms with E-state index >= 15 is 0 Å². The van der Waals surface area contributed by atoms with E-state index in [9.17, 15) is 5.21 Å². The molecule has 9 heavy (non-hydrogen) atoms. The zero-order chi connectivity index (χ0) is 7.28. The molecule has 7 heteroatoms. The highest BCUT2D eigenvalue weighted by Gasteiger charge is 1.93. The molecule has 0 fully saturated rings. The molecule has 0 aliphatic rings. The van der Waals surface area contributed by atoms with Crippen LogP contribution in [-0.2, 0) is 0 Å². The smallest absolute Gasteiger partial charge is 0.142 e. The molecule has 52 valence electrons. The SMILES string of the molecule is NC(=S)SSC(=S)N[O-]. The monoisotopic (exact) mass is 199 g/mol. The molecule has 0 aromatic carbocycles. The standard InChI is InChI=1S/C2H3N2OS4/c3-1(6)8-9-2(7)4-5/h(H3-,3,4,5,6,7)/q-1. The van der Waals surface area contributed by atoms with Gasteiger partial charge in [0, 0.05) is 0 Å². The summed E-state index contributed by atoms with van der Waals surface area (Å²) < 4.78 is 0.394. The Bertz CT molecular complexity index is 126. The summed E-state index contributed by atoms with van der Waals surface area (Å²) in [6, 6.07) is 0.